The van der Waals surface area contributed by atoms with Crippen LogP contribution < -0.4 is 5.32 Å². The second-order valence-corrected chi connectivity index (χ2v) is 4.98. The van der Waals surface area contributed by atoms with Crippen LogP contribution in [0.2, 0.25) is 0 Å². The number of carboxylic acids is 1. The Bertz CT molecular complexity index is 341. The van der Waals surface area contributed by atoms with E-state index in [0.717, 1.165) is 0 Å². The molecule has 16 heavy (non-hydrogen) atoms. The molecule has 0 amide bonds. The monoisotopic (exact) mass is 244 g/mol. The van der Waals surface area contributed by atoms with Crippen molar-refractivity contribution in [1.29, 1.82) is 0 Å². The summed E-state index contributed by atoms with van der Waals surface area (Å²) in [5.74, 6) is -0.483. The van der Waals surface area contributed by atoms with Crippen LogP contribution in [-0.4, -0.2) is 43.6 Å². The van der Waals surface area contributed by atoms with Gasteiger partial charge in [-0.3, -0.25) is 15.2 Å². The van der Waals surface area contributed by atoms with Gasteiger partial charge in [0, 0.05) is 11.8 Å². The first-order valence-electron chi connectivity index (χ1n) is 4.93. The molecule has 1 heterocycles. The fraction of sp³-hybridized carbons (Fsp3) is 0.667. The lowest BCUT2D eigenvalue weighted by Crippen LogP contribution is -2.54. The summed E-state index contributed by atoms with van der Waals surface area (Å²) in [5, 5.41) is 19.2. The van der Waals surface area contributed by atoms with Gasteiger partial charge in [-0.2, -0.15) is 5.10 Å². The maximum atomic E-state index is 11.2. The molecule has 0 aromatic carbocycles. The Morgan fingerprint density at radius 2 is 2.44 bits per heavy atom. The molecule has 0 saturated heterocycles. The van der Waals surface area contributed by atoms with Crippen molar-refractivity contribution >= 4 is 17.7 Å². The van der Waals surface area contributed by atoms with E-state index in [1.54, 1.807) is 6.92 Å². The van der Waals surface area contributed by atoms with Crippen molar-refractivity contribution in [2.75, 3.05) is 5.75 Å². The predicted octanol–water partition coefficient (Wildman–Crippen LogP) is 0.738. The van der Waals surface area contributed by atoms with Gasteiger partial charge < -0.3 is 5.11 Å². The van der Waals surface area contributed by atoms with Gasteiger partial charge in [-0.05, 0) is 20.8 Å². The molecule has 0 radical (unpaired) electrons. The number of hydrogen-bond donors (Lipinski definition) is 3. The minimum absolute atomic E-state index is 0.108. The van der Waals surface area contributed by atoms with Crippen LogP contribution in [0.1, 0.15) is 20.8 Å². The normalized spacial score (nSPS) is 15.0. The standard InChI is InChI=1S/C9H16N4O2S/c1-6(2)12-9(3,7(14)15)4-16-8-10-5-11-13-8/h5-6,12H,4H2,1-3H3,(H,14,15)(H,10,11,13). The Labute approximate surface area is 98.2 Å². The van der Waals surface area contributed by atoms with Crippen molar-refractivity contribution in [1.82, 2.24) is 20.5 Å². The average Bonchev–Trinajstić information content (AvgIpc) is 2.65. The molecule has 0 bridgehead atoms. The number of aliphatic carboxylic acids is 1. The van der Waals surface area contributed by atoms with Gasteiger partial charge in [-0.25, -0.2) is 4.98 Å². The Morgan fingerprint density at radius 1 is 1.75 bits per heavy atom. The first-order valence-corrected chi connectivity index (χ1v) is 5.92. The maximum absolute atomic E-state index is 11.2. The summed E-state index contributed by atoms with van der Waals surface area (Å²) < 4.78 is 0. The third kappa shape index (κ3) is 3.49. The number of hydrogen-bond acceptors (Lipinski definition) is 5. The smallest absolute Gasteiger partial charge is 0.324 e. The Balaban J connectivity index is 2.61. The topological polar surface area (TPSA) is 90.9 Å². The molecular formula is C9H16N4O2S. The summed E-state index contributed by atoms with van der Waals surface area (Å²) in [6.07, 6.45) is 1.40. The molecule has 1 rings (SSSR count). The van der Waals surface area contributed by atoms with Gasteiger partial charge >= 0.3 is 5.97 Å². The summed E-state index contributed by atoms with van der Waals surface area (Å²) in [6.45, 7) is 5.50. The van der Waals surface area contributed by atoms with E-state index in [9.17, 15) is 9.90 Å². The molecule has 6 nitrogen and oxygen atoms in total. The molecule has 90 valence electrons. The van der Waals surface area contributed by atoms with E-state index in [-0.39, 0.29) is 6.04 Å². The Hall–Kier alpha value is -1.08. The number of aromatic amines is 1. The van der Waals surface area contributed by atoms with E-state index in [4.69, 9.17) is 0 Å². The molecule has 1 unspecified atom stereocenters. The minimum atomic E-state index is -0.967. The molecule has 3 N–H and O–H groups in total. The number of thioether (sulfide) groups is 1. The van der Waals surface area contributed by atoms with Gasteiger partial charge in [-0.15, -0.1) is 0 Å². The highest BCUT2D eigenvalue weighted by Crippen LogP contribution is 2.19. The van der Waals surface area contributed by atoms with Gasteiger partial charge in [0.2, 0.25) is 0 Å². The quantitative estimate of drug-likeness (QED) is 0.639. The molecule has 1 atom stereocenters. The number of aromatic nitrogens is 3. The molecule has 0 spiro atoms. The maximum Gasteiger partial charge on any atom is 0.324 e. The first-order chi connectivity index (χ1) is 7.44. The molecule has 0 aliphatic heterocycles. The third-order valence-electron chi connectivity index (χ3n) is 1.97. The van der Waals surface area contributed by atoms with E-state index in [0.29, 0.717) is 10.9 Å². The Morgan fingerprint density at radius 3 is 2.88 bits per heavy atom. The van der Waals surface area contributed by atoms with Crippen molar-refractivity contribution in [3.63, 3.8) is 0 Å². The zero-order chi connectivity index (χ0) is 12.2. The van der Waals surface area contributed by atoms with Gasteiger partial charge in [-0.1, -0.05) is 11.8 Å². The first kappa shape index (κ1) is 13.0. The summed E-state index contributed by atoms with van der Waals surface area (Å²) >= 11 is 1.33. The van der Waals surface area contributed by atoms with Crippen molar-refractivity contribution in [2.45, 2.75) is 37.5 Å². The number of nitrogens with zero attached hydrogens (tertiary/aromatic N) is 2. The van der Waals surface area contributed by atoms with Crippen LogP contribution >= 0.6 is 11.8 Å². The van der Waals surface area contributed by atoms with Crippen LogP contribution in [0.5, 0.6) is 0 Å². The molecule has 1 aromatic rings. The lowest BCUT2D eigenvalue weighted by Gasteiger charge is -2.27. The highest BCUT2D eigenvalue weighted by Gasteiger charge is 2.33. The second kappa shape index (κ2) is 5.31. The highest BCUT2D eigenvalue weighted by molar-refractivity contribution is 7.99. The molecule has 0 saturated carbocycles. The highest BCUT2D eigenvalue weighted by atomic mass is 32.2. The fourth-order valence-electron chi connectivity index (χ4n) is 1.28. The van der Waals surface area contributed by atoms with Gasteiger partial charge in [0.05, 0.1) is 0 Å². The minimum Gasteiger partial charge on any atom is -0.480 e. The number of nitrogens with one attached hydrogen (secondary N) is 2. The molecule has 0 aliphatic rings. The molecular weight excluding hydrogens is 228 g/mol. The second-order valence-electron chi connectivity index (χ2n) is 4.02. The zero-order valence-electron chi connectivity index (χ0n) is 9.52. The van der Waals surface area contributed by atoms with Gasteiger partial charge in [0.25, 0.3) is 0 Å². The van der Waals surface area contributed by atoms with Crippen molar-refractivity contribution in [3.05, 3.63) is 6.33 Å². The number of carbonyl (C=O) groups is 1. The molecule has 7 heteroatoms. The molecule has 0 fully saturated rings. The van der Waals surface area contributed by atoms with E-state index < -0.39 is 11.5 Å². The summed E-state index contributed by atoms with van der Waals surface area (Å²) in [5.41, 5.74) is -0.967. The summed E-state index contributed by atoms with van der Waals surface area (Å²) in [4.78, 5) is 15.1. The summed E-state index contributed by atoms with van der Waals surface area (Å²) in [6, 6.07) is 0.108. The van der Waals surface area contributed by atoms with E-state index >= 15 is 0 Å². The lowest BCUT2D eigenvalue weighted by atomic mass is 10.1. The Kier molecular flexibility index (Phi) is 4.31. The van der Waals surface area contributed by atoms with Crippen LogP contribution in [0.25, 0.3) is 0 Å². The predicted molar refractivity (Wildman–Crippen MR) is 61.4 cm³/mol. The van der Waals surface area contributed by atoms with E-state index in [1.807, 2.05) is 13.8 Å². The SMILES string of the molecule is CC(C)NC(C)(CSc1ncn[nH]1)C(=O)O. The number of rotatable bonds is 6. The van der Waals surface area contributed by atoms with Crippen LogP contribution in [0, 0.1) is 0 Å². The van der Waals surface area contributed by atoms with Gasteiger partial charge in [0.15, 0.2) is 5.16 Å². The van der Waals surface area contributed by atoms with E-state index in [2.05, 4.69) is 20.5 Å². The van der Waals surface area contributed by atoms with Crippen LogP contribution in [0.15, 0.2) is 11.5 Å². The fourth-order valence-corrected chi connectivity index (χ4v) is 2.15. The summed E-state index contributed by atoms with van der Waals surface area (Å²) in [7, 11) is 0. The molecule has 0 aliphatic carbocycles. The molecule has 1 aromatic heterocycles. The largest absolute Gasteiger partial charge is 0.480 e. The number of carboxylic acid groups (broad SMARTS) is 1. The van der Waals surface area contributed by atoms with Crippen LogP contribution in [-0.2, 0) is 4.79 Å². The average molecular weight is 244 g/mol. The number of H-pyrrole nitrogens is 1. The zero-order valence-corrected chi connectivity index (χ0v) is 10.3. The van der Waals surface area contributed by atoms with Crippen molar-refractivity contribution in [2.24, 2.45) is 0 Å². The third-order valence-corrected chi connectivity index (χ3v) is 3.16. The van der Waals surface area contributed by atoms with Crippen molar-refractivity contribution < 1.29 is 9.90 Å². The lowest BCUT2D eigenvalue weighted by molar-refractivity contribution is -0.143. The van der Waals surface area contributed by atoms with E-state index in [1.165, 1.54) is 18.1 Å². The van der Waals surface area contributed by atoms with Crippen LogP contribution in [0.3, 0.4) is 0 Å². The van der Waals surface area contributed by atoms with Crippen LogP contribution in [0.4, 0.5) is 0 Å². The van der Waals surface area contributed by atoms with Crippen molar-refractivity contribution in [3.8, 4) is 0 Å². The van der Waals surface area contributed by atoms with Gasteiger partial charge in [0.1, 0.15) is 11.9 Å².